The van der Waals surface area contributed by atoms with Gasteiger partial charge in [0, 0.05) is 5.69 Å². The molecule has 0 bridgehead atoms. The first-order chi connectivity index (χ1) is 9.11. The van der Waals surface area contributed by atoms with E-state index in [2.05, 4.69) is 15.3 Å². The van der Waals surface area contributed by atoms with E-state index in [-0.39, 0.29) is 0 Å². The maximum Gasteiger partial charge on any atom is 0.417 e. The fourth-order valence-electron chi connectivity index (χ4n) is 1.81. The summed E-state index contributed by atoms with van der Waals surface area (Å²) < 4.78 is 4.94. The minimum atomic E-state index is -0.464. The number of nitrogens with two attached hydrogens (primary N) is 1. The first-order valence-corrected chi connectivity index (χ1v) is 5.74. The predicted octanol–water partition coefficient (Wildman–Crippen LogP) is 2.15. The van der Waals surface area contributed by atoms with Gasteiger partial charge >= 0.3 is 5.76 Å². The van der Waals surface area contributed by atoms with E-state index in [1.54, 1.807) is 18.3 Å². The van der Waals surface area contributed by atoms with Crippen molar-refractivity contribution in [1.29, 1.82) is 0 Å². The van der Waals surface area contributed by atoms with Crippen LogP contribution < -0.4 is 16.8 Å². The molecule has 3 aromatic rings. The van der Waals surface area contributed by atoms with Crippen molar-refractivity contribution in [3.8, 4) is 0 Å². The Bertz CT molecular complexity index is 804. The number of H-pyrrole nitrogens is 1. The van der Waals surface area contributed by atoms with Crippen LogP contribution in [0.2, 0.25) is 0 Å². The van der Waals surface area contributed by atoms with Crippen LogP contribution in [-0.2, 0) is 0 Å². The Morgan fingerprint density at radius 1 is 1.37 bits per heavy atom. The lowest BCUT2D eigenvalue weighted by molar-refractivity contribution is 0.555. The Kier molecular flexibility index (Phi) is 2.49. The second kappa shape index (κ2) is 4.16. The zero-order valence-corrected chi connectivity index (χ0v) is 10.2. The van der Waals surface area contributed by atoms with Crippen LogP contribution in [0.1, 0.15) is 5.56 Å². The van der Waals surface area contributed by atoms with Crippen LogP contribution in [0.5, 0.6) is 0 Å². The van der Waals surface area contributed by atoms with Crippen molar-refractivity contribution >= 4 is 28.3 Å². The monoisotopic (exact) mass is 256 g/mol. The van der Waals surface area contributed by atoms with Gasteiger partial charge in [-0.3, -0.25) is 4.98 Å². The zero-order valence-electron chi connectivity index (χ0n) is 10.2. The second-order valence-corrected chi connectivity index (χ2v) is 4.28. The number of aromatic nitrogens is 2. The number of hydrogen-bond donors (Lipinski definition) is 3. The molecule has 0 aliphatic rings. The van der Waals surface area contributed by atoms with Gasteiger partial charge in [-0.2, -0.15) is 0 Å². The number of oxazole rings is 1. The Morgan fingerprint density at radius 2 is 2.21 bits per heavy atom. The summed E-state index contributed by atoms with van der Waals surface area (Å²) in [5.41, 5.74) is 9.30. The summed E-state index contributed by atoms with van der Waals surface area (Å²) in [4.78, 5) is 17.9. The van der Waals surface area contributed by atoms with E-state index < -0.39 is 5.76 Å². The molecule has 0 saturated carbocycles. The average molecular weight is 256 g/mol. The molecule has 6 nitrogen and oxygen atoms in total. The quantitative estimate of drug-likeness (QED) is 0.652. The number of rotatable bonds is 2. The molecule has 0 fully saturated rings. The summed E-state index contributed by atoms with van der Waals surface area (Å²) in [6.07, 6.45) is 1.61. The van der Waals surface area contributed by atoms with Crippen molar-refractivity contribution in [3.63, 3.8) is 0 Å². The fraction of sp³-hybridized carbons (Fsp3) is 0.0769. The average Bonchev–Trinajstić information content (AvgIpc) is 2.73. The topological polar surface area (TPSA) is 96.9 Å². The van der Waals surface area contributed by atoms with Crippen LogP contribution in [0.4, 0.5) is 17.2 Å². The van der Waals surface area contributed by atoms with Gasteiger partial charge in [-0.05, 0) is 36.8 Å². The highest BCUT2D eigenvalue weighted by Gasteiger charge is 2.03. The molecule has 6 heteroatoms. The normalized spacial score (nSPS) is 10.8. The van der Waals surface area contributed by atoms with Gasteiger partial charge in [-0.1, -0.05) is 0 Å². The van der Waals surface area contributed by atoms with Crippen LogP contribution in [0.15, 0.2) is 39.7 Å². The molecule has 0 spiro atoms. The van der Waals surface area contributed by atoms with Gasteiger partial charge in [0.25, 0.3) is 0 Å². The fourth-order valence-corrected chi connectivity index (χ4v) is 1.81. The van der Waals surface area contributed by atoms with Crippen molar-refractivity contribution in [2.75, 3.05) is 11.1 Å². The summed E-state index contributed by atoms with van der Waals surface area (Å²) in [7, 11) is 0. The van der Waals surface area contributed by atoms with E-state index in [4.69, 9.17) is 10.2 Å². The van der Waals surface area contributed by atoms with E-state index in [0.717, 1.165) is 11.3 Å². The molecule has 96 valence electrons. The van der Waals surface area contributed by atoms with E-state index in [1.807, 2.05) is 19.1 Å². The molecular weight excluding hydrogens is 244 g/mol. The summed E-state index contributed by atoms with van der Waals surface area (Å²) >= 11 is 0. The van der Waals surface area contributed by atoms with E-state index >= 15 is 0 Å². The van der Waals surface area contributed by atoms with Crippen molar-refractivity contribution < 1.29 is 4.42 Å². The number of anilines is 3. The number of pyridine rings is 1. The summed E-state index contributed by atoms with van der Waals surface area (Å²) in [5, 5.41) is 3.14. The van der Waals surface area contributed by atoms with Crippen molar-refractivity contribution in [2.45, 2.75) is 6.92 Å². The molecule has 0 atom stereocenters. The number of aromatic amines is 1. The van der Waals surface area contributed by atoms with Crippen LogP contribution in [0, 0.1) is 6.92 Å². The van der Waals surface area contributed by atoms with Gasteiger partial charge in [-0.15, -0.1) is 0 Å². The standard InChI is InChI=1S/C13H12N4O2/c1-7-4-12(15-6-9(7)14)16-8-2-3-11-10(5-8)17-13(18)19-11/h2-6H,14H2,1H3,(H,15,16)(H,17,18). The summed E-state index contributed by atoms with van der Waals surface area (Å²) in [6, 6.07) is 7.18. The first-order valence-electron chi connectivity index (χ1n) is 5.74. The molecule has 2 heterocycles. The van der Waals surface area contributed by atoms with Crippen LogP contribution >= 0.6 is 0 Å². The highest BCUT2D eigenvalue weighted by Crippen LogP contribution is 2.21. The van der Waals surface area contributed by atoms with Gasteiger partial charge in [0.1, 0.15) is 5.82 Å². The molecule has 2 aromatic heterocycles. The Balaban J connectivity index is 1.95. The van der Waals surface area contributed by atoms with Crippen LogP contribution in [-0.4, -0.2) is 9.97 Å². The van der Waals surface area contributed by atoms with Gasteiger partial charge in [0.05, 0.1) is 17.4 Å². The lowest BCUT2D eigenvalue weighted by atomic mass is 10.2. The molecule has 0 radical (unpaired) electrons. The van der Waals surface area contributed by atoms with Gasteiger partial charge < -0.3 is 15.5 Å². The summed E-state index contributed by atoms with van der Waals surface area (Å²) in [5.74, 6) is 0.227. The van der Waals surface area contributed by atoms with Gasteiger partial charge in [0.15, 0.2) is 5.58 Å². The number of fused-ring (bicyclic) bond motifs is 1. The molecule has 19 heavy (non-hydrogen) atoms. The minimum Gasteiger partial charge on any atom is -0.408 e. The van der Waals surface area contributed by atoms with Gasteiger partial charge in [-0.25, -0.2) is 9.78 Å². The Morgan fingerprint density at radius 3 is 3.00 bits per heavy atom. The number of nitrogens with zero attached hydrogens (tertiary/aromatic N) is 1. The van der Waals surface area contributed by atoms with E-state index in [0.29, 0.717) is 22.6 Å². The third-order valence-corrected chi connectivity index (χ3v) is 2.84. The molecule has 0 amide bonds. The first kappa shape index (κ1) is 11.3. The Labute approximate surface area is 108 Å². The molecule has 1 aromatic carbocycles. The SMILES string of the molecule is Cc1cc(Nc2ccc3oc(=O)[nH]c3c2)ncc1N. The molecular formula is C13H12N4O2. The Hall–Kier alpha value is -2.76. The lowest BCUT2D eigenvalue weighted by Gasteiger charge is -2.07. The molecule has 4 N–H and O–H groups in total. The van der Waals surface area contributed by atoms with E-state index in [1.165, 1.54) is 0 Å². The molecule has 0 aliphatic heterocycles. The molecule has 3 rings (SSSR count). The highest BCUT2D eigenvalue weighted by atomic mass is 16.4. The smallest absolute Gasteiger partial charge is 0.408 e. The van der Waals surface area contributed by atoms with Crippen LogP contribution in [0.25, 0.3) is 11.1 Å². The zero-order chi connectivity index (χ0) is 13.4. The van der Waals surface area contributed by atoms with Gasteiger partial charge in [0.2, 0.25) is 0 Å². The number of aryl methyl sites for hydroxylation is 1. The number of nitrogens with one attached hydrogen (secondary N) is 2. The predicted molar refractivity (Wildman–Crippen MR) is 73.5 cm³/mol. The number of hydrogen-bond acceptors (Lipinski definition) is 5. The van der Waals surface area contributed by atoms with Crippen LogP contribution in [0.3, 0.4) is 0 Å². The van der Waals surface area contributed by atoms with Crippen molar-refractivity contribution in [2.24, 2.45) is 0 Å². The lowest BCUT2D eigenvalue weighted by Crippen LogP contribution is -1.97. The summed E-state index contributed by atoms with van der Waals surface area (Å²) in [6.45, 7) is 1.92. The molecule has 0 unspecified atom stereocenters. The second-order valence-electron chi connectivity index (χ2n) is 4.28. The maximum absolute atomic E-state index is 11.1. The third-order valence-electron chi connectivity index (χ3n) is 2.84. The third kappa shape index (κ3) is 2.15. The van der Waals surface area contributed by atoms with Crippen molar-refractivity contribution in [1.82, 2.24) is 9.97 Å². The largest absolute Gasteiger partial charge is 0.417 e. The molecule has 0 aliphatic carbocycles. The minimum absolute atomic E-state index is 0.464. The highest BCUT2D eigenvalue weighted by molar-refractivity contribution is 5.78. The maximum atomic E-state index is 11.1. The number of nitrogen functional groups attached to an aromatic ring is 1. The van der Waals surface area contributed by atoms with E-state index in [9.17, 15) is 4.79 Å². The molecule has 0 saturated heterocycles. The number of benzene rings is 1. The van der Waals surface area contributed by atoms with Crippen molar-refractivity contribution in [3.05, 3.63) is 46.6 Å².